The number of sulfonamides is 1. The molecule has 0 aliphatic carbocycles. The van der Waals surface area contributed by atoms with Crippen LogP contribution in [0.5, 0.6) is 11.5 Å². The van der Waals surface area contributed by atoms with Gasteiger partial charge in [-0.2, -0.15) is 0 Å². The van der Waals surface area contributed by atoms with Gasteiger partial charge in [-0.05, 0) is 67.8 Å². The highest BCUT2D eigenvalue weighted by Gasteiger charge is 2.33. The molecule has 0 saturated carbocycles. The zero-order chi connectivity index (χ0) is 32.6. The van der Waals surface area contributed by atoms with E-state index in [0.29, 0.717) is 23.6 Å². The quantitative estimate of drug-likeness (QED) is 0.206. The number of carbonyl (C=O) groups excluding carboxylic acids is 2. The van der Waals surface area contributed by atoms with E-state index >= 15 is 0 Å². The summed E-state index contributed by atoms with van der Waals surface area (Å²) in [6.45, 7) is 6.64. The summed E-state index contributed by atoms with van der Waals surface area (Å²) in [7, 11) is -1.54. The van der Waals surface area contributed by atoms with E-state index < -0.39 is 39.3 Å². The van der Waals surface area contributed by atoms with E-state index in [0.717, 1.165) is 10.4 Å². The van der Waals surface area contributed by atoms with Crippen LogP contribution in [0.2, 0.25) is 0 Å². The molecule has 0 aliphatic heterocycles. The highest BCUT2D eigenvalue weighted by molar-refractivity contribution is 7.92. The van der Waals surface area contributed by atoms with E-state index in [2.05, 4.69) is 5.32 Å². The Balaban J connectivity index is 2.09. The van der Waals surface area contributed by atoms with Crippen molar-refractivity contribution in [2.45, 2.75) is 45.2 Å². The number of nitrogens with zero attached hydrogens (tertiary/aromatic N) is 3. The maximum atomic E-state index is 14.1. The maximum Gasteiger partial charge on any atom is 0.273 e. The molecule has 12 nitrogen and oxygen atoms in total. The highest BCUT2D eigenvalue weighted by atomic mass is 32.2. The first-order chi connectivity index (χ1) is 20.8. The topological polar surface area (TPSA) is 148 Å². The number of hydrogen-bond acceptors (Lipinski definition) is 8. The normalized spacial score (nSPS) is 11.9. The fourth-order valence-corrected chi connectivity index (χ4v) is 5.79. The molecule has 3 aromatic rings. The van der Waals surface area contributed by atoms with Crippen molar-refractivity contribution in [1.82, 2.24) is 10.2 Å². The summed E-state index contributed by atoms with van der Waals surface area (Å²) in [6.07, 6.45) is 0. The monoisotopic (exact) mass is 626 g/mol. The van der Waals surface area contributed by atoms with Crippen molar-refractivity contribution in [3.05, 3.63) is 88.0 Å². The van der Waals surface area contributed by atoms with E-state index in [9.17, 15) is 28.1 Å². The third-order valence-electron chi connectivity index (χ3n) is 6.94. The van der Waals surface area contributed by atoms with Gasteiger partial charge in [-0.25, -0.2) is 8.42 Å². The molecule has 3 aromatic carbocycles. The van der Waals surface area contributed by atoms with Gasteiger partial charge in [-0.3, -0.25) is 24.0 Å². The first kappa shape index (κ1) is 33.8. The van der Waals surface area contributed by atoms with Gasteiger partial charge in [0.05, 0.1) is 29.7 Å². The molecule has 0 bridgehead atoms. The summed E-state index contributed by atoms with van der Waals surface area (Å²) in [4.78, 5) is 39.1. The first-order valence-corrected chi connectivity index (χ1v) is 15.3. The third-order valence-corrected chi connectivity index (χ3v) is 8.71. The van der Waals surface area contributed by atoms with Gasteiger partial charge in [-0.15, -0.1) is 0 Å². The summed E-state index contributed by atoms with van der Waals surface area (Å²) in [5.74, 6) is 0.112. The highest BCUT2D eigenvalue weighted by Crippen LogP contribution is 2.29. The van der Waals surface area contributed by atoms with Gasteiger partial charge in [0.25, 0.3) is 15.7 Å². The lowest BCUT2D eigenvalue weighted by atomic mass is 10.1. The van der Waals surface area contributed by atoms with Crippen molar-refractivity contribution in [3.63, 3.8) is 0 Å². The molecule has 13 heteroatoms. The average molecular weight is 627 g/mol. The third kappa shape index (κ3) is 8.25. The number of benzene rings is 3. The Hall–Kier alpha value is -4.65. The molecule has 3 rings (SSSR count). The molecule has 0 aromatic heterocycles. The number of ether oxygens (including phenoxy) is 2. The van der Waals surface area contributed by atoms with Crippen molar-refractivity contribution >= 4 is 33.2 Å². The minimum atomic E-state index is -4.51. The average Bonchev–Trinajstić information content (AvgIpc) is 3.00. The minimum absolute atomic E-state index is 0.0151. The summed E-state index contributed by atoms with van der Waals surface area (Å²) in [5.41, 5.74) is 0.698. The second kappa shape index (κ2) is 14.7. The lowest BCUT2D eigenvalue weighted by Crippen LogP contribution is -2.51. The lowest BCUT2D eigenvalue weighted by molar-refractivity contribution is -0.385. The molecule has 2 amide bonds. The number of nitrogens with one attached hydrogen (secondary N) is 1. The number of nitro benzene ring substituents is 1. The number of rotatable bonds is 14. The smallest absolute Gasteiger partial charge is 0.273 e. The van der Waals surface area contributed by atoms with E-state index in [4.69, 9.17) is 9.47 Å². The summed E-state index contributed by atoms with van der Waals surface area (Å²) < 4.78 is 39.5. The van der Waals surface area contributed by atoms with E-state index in [1.165, 1.54) is 62.4 Å². The molecule has 0 saturated heterocycles. The Morgan fingerprint density at radius 3 is 2.20 bits per heavy atom. The summed E-state index contributed by atoms with van der Waals surface area (Å²) >= 11 is 0. The van der Waals surface area contributed by atoms with Crippen LogP contribution in [0.15, 0.2) is 71.6 Å². The first-order valence-electron chi connectivity index (χ1n) is 13.9. The Morgan fingerprint density at radius 2 is 1.61 bits per heavy atom. The van der Waals surface area contributed by atoms with Crippen molar-refractivity contribution in [2.75, 3.05) is 31.6 Å². The molecule has 1 N–H and O–H groups in total. The number of anilines is 1. The molecule has 0 spiro atoms. The molecule has 0 aliphatic rings. The van der Waals surface area contributed by atoms with Crippen molar-refractivity contribution in [3.8, 4) is 11.5 Å². The SMILES string of the molecule is COc1ccc(N(CC(=O)N(Cc2cccc(OC)c2)[C@@H](C)C(=O)NCC(C)C)S(=O)(=O)c2ccc(C)c([N+](=O)[O-])c2)cc1. The second-order valence-electron chi connectivity index (χ2n) is 10.6. The molecule has 0 radical (unpaired) electrons. The Kier molecular flexibility index (Phi) is 11.3. The number of amides is 2. The maximum absolute atomic E-state index is 14.1. The fraction of sp³-hybridized carbons (Fsp3) is 0.355. The van der Waals surface area contributed by atoms with Crippen LogP contribution in [0, 0.1) is 23.0 Å². The van der Waals surface area contributed by atoms with Gasteiger partial charge < -0.3 is 19.7 Å². The second-order valence-corrected chi connectivity index (χ2v) is 12.5. The van der Waals surface area contributed by atoms with Crippen LogP contribution in [0.3, 0.4) is 0 Å². The van der Waals surface area contributed by atoms with E-state index in [1.807, 2.05) is 13.8 Å². The molecule has 1 atom stereocenters. The van der Waals surface area contributed by atoms with Crippen LogP contribution in [-0.2, 0) is 26.2 Å². The predicted molar refractivity (Wildman–Crippen MR) is 166 cm³/mol. The molecule has 0 unspecified atom stereocenters. The zero-order valence-corrected chi connectivity index (χ0v) is 26.5. The van der Waals surface area contributed by atoms with Gasteiger partial charge in [-0.1, -0.05) is 32.0 Å². The fourth-order valence-electron chi connectivity index (χ4n) is 4.35. The van der Waals surface area contributed by atoms with Crippen molar-refractivity contribution in [2.24, 2.45) is 5.92 Å². The van der Waals surface area contributed by atoms with Crippen LogP contribution >= 0.6 is 0 Å². The van der Waals surface area contributed by atoms with E-state index in [1.54, 1.807) is 31.2 Å². The lowest BCUT2D eigenvalue weighted by Gasteiger charge is -2.32. The van der Waals surface area contributed by atoms with Gasteiger partial charge in [0, 0.05) is 24.7 Å². The largest absolute Gasteiger partial charge is 0.497 e. The Labute approximate surface area is 257 Å². The molecule has 236 valence electrons. The summed E-state index contributed by atoms with van der Waals surface area (Å²) in [5, 5.41) is 14.4. The number of aryl methyl sites for hydroxylation is 1. The molecule has 0 heterocycles. The van der Waals surface area contributed by atoms with Gasteiger partial charge >= 0.3 is 0 Å². The van der Waals surface area contributed by atoms with Gasteiger partial charge in [0.15, 0.2) is 0 Å². The minimum Gasteiger partial charge on any atom is -0.497 e. The van der Waals surface area contributed by atoms with Crippen LogP contribution < -0.4 is 19.1 Å². The van der Waals surface area contributed by atoms with Crippen LogP contribution in [-0.4, -0.2) is 63.4 Å². The molecule has 44 heavy (non-hydrogen) atoms. The number of hydrogen-bond donors (Lipinski definition) is 1. The number of carbonyl (C=O) groups is 2. The van der Waals surface area contributed by atoms with Crippen LogP contribution in [0.25, 0.3) is 0 Å². The molecular weight excluding hydrogens is 588 g/mol. The predicted octanol–water partition coefficient (Wildman–Crippen LogP) is 4.31. The number of methoxy groups -OCH3 is 2. The van der Waals surface area contributed by atoms with Gasteiger partial charge in [0.2, 0.25) is 11.8 Å². The number of nitro groups is 1. The molecular formula is C31H38N4O8S. The Morgan fingerprint density at radius 1 is 0.955 bits per heavy atom. The van der Waals surface area contributed by atoms with Crippen molar-refractivity contribution < 1.29 is 32.4 Å². The standard InChI is InChI=1S/C31H38N4O8S/c1-21(2)18-32-31(37)23(4)33(19-24-8-7-9-27(16-24)43-6)30(36)20-34(25-11-13-26(42-5)14-12-25)44(40,41)28-15-10-22(3)29(17-28)35(38)39/h7-17,21,23H,18-20H2,1-6H3,(H,32,37)/t23-/m0/s1. The summed E-state index contributed by atoms with van der Waals surface area (Å²) in [6, 6.07) is 15.6. The van der Waals surface area contributed by atoms with Crippen molar-refractivity contribution in [1.29, 1.82) is 0 Å². The van der Waals surface area contributed by atoms with Crippen LogP contribution in [0.4, 0.5) is 11.4 Å². The zero-order valence-electron chi connectivity index (χ0n) is 25.6. The van der Waals surface area contributed by atoms with Crippen LogP contribution in [0.1, 0.15) is 31.9 Å². The van der Waals surface area contributed by atoms with E-state index in [-0.39, 0.29) is 34.3 Å². The van der Waals surface area contributed by atoms with Gasteiger partial charge in [0.1, 0.15) is 24.1 Å². The molecule has 0 fully saturated rings. The Bertz CT molecular complexity index is 1590.